The summed E-state index contributed by atoms with van der Waals surface area (Å²) in [6.45, 7) is 1.80. The normalized spacial score (nSPS) is 24.7. The number of oxime groups is 1. The molecule has 0 bridgehead atoms. The molecule has 0 aromatic heterocycles. The Labute approximate surface area is 130 Å². The number of nitrogens with zero attached hydrogens (tertiary/aromatic N) is 1. The smallest absolute Gasteiger partial charge is 0.267 e. The number of carbonyl (C=O) groups excluding carboxylic acids is 1. The van der Waals surface area contributed by atoms with Crippen LogP contribution in [0.15, 0.2) is 29.4 Å². The van der Waals surface area contributed by atoms with E-state index in [1.165, 1.54) is 12.8 Å². The van der Waals surface area contributed by atoms with Crippen LogP contribution in [0.5, 0.6) is 5.75 Å². The van der Waals surface area contributed by atoms with Gasteiger partial charge in [-0.05, 0) is 49.6 Å². The summed E-state index contributed by atoms with van der Waals surface area (Å²) >= 11 is 0. The number of hydrogen-bond donors (Lipinski definition) is 1. The number of amides is 1. The zero-order valence-electron chi connectivity index (χ0n) is 13.1. The van der Waals surface area contributed by atoms with E-state index in [1.54, 1.807) is 14.0 Å². The van der Waals surface area contributed by atoms with E-state index in [1.807, 2.05) is 24.3 Å². The number of rotatable bonds is 4. The third-order valence-electron chi connectivity index (χ3n) is 4.46. The molecule has 1 fully saturated rings. The van der Waals surface area contributed by atoms with Crippen LogP contribution >= 0.6 is 0 Å². The van der Waals surface area contributed by atoms with E-state index in [0.29, 0.717) is 6.42 Å². The Balaban J connectivity index is 1.64. The van der Waals surface area contributed by atoms with Gasteiger partial charge in [0.25, 0.3) is 5.91 Å². The lowest BCUT2D eigenvalue weighted by Gasteiger charge is -2.23. The zero-order chi connectivity index (χ0) is 15.6. The van der Waals surface area contributed by atoms with Crippen molar-refractivity contribution in [1.29, 1.82) is 0 Å². The quantitative estimate of drug-likeness (QED) is 0.930. The topological polar surface area (TPSA) is 59.9 Å². The van der Waals surface area contributed by atoms with E-state index in [0.717, 1.165) is 29.9 Å². The van der Waals surface area contributed by atoms with Crippen molar-refractivity contribution >= 4 is 11.6 Å². The second-order valence-electron chi connectivity index (χ2n) is 6.22. The molecule has 1 aromatic rings. The third kappa shape index (κ3) is 2.93. The molecule has 1 aromatic carbocycles. The van der Waals surface area contributed by atoms with Crippen molar-refractivity contribution in [1.82, 2.24) is 5.32 Å². The van der Waals surface area contributed by atoms with Gasteiger partial charge >= 0.3 is 0 Å². The summed E-state index contributed by atoms with van der Waals surface area (Å²) in [4.78, 5) is 18.0. The average Bonchev–Trinajstić information content (AvgIpc) is 3.18. The standard InChI is InChI=1S/C17H22N2O3/c1-17(16(20)18-13-5-3-4-6-13)11-15(19-22-17)12-7-9-14(21-2)10-8-12/h7-10,13H,3-6,11H2,1-2H3,(H,18,20). The van der Waals surface area contributed by atoms with Crippen LogP contribution in [0.25, 0.3) is 0 Å². The molecule has 118 valence electrons. The van der Waals surface area contributed by atoms with Gasteiger partial charge in [0.15, 0.2) is 0 Å². The van der Waals surface area contributed by atoms with Crippen LogP contribution in [0, 0.1) is 0 Å². The molecular weight excluding hydrogens is 280 g/mol. The van der Waals surface area contributed by atoms with Crippen molar-refractivity contribution in [2.24, 2.45) is 5.16 Å². The fourth-order valence-electron chi connectivity index (χ4n) is 3.01. The molecule has 0 radical (unpaired) electrons. The van der Waals surface area contributed by atoms with E-state index in [9.17, 15) is 4.79 Å². The predicted molar refractivity (Wildman–Crippen MR) is 84.0 cm³/mol. The molecule has 2 aliphatic rings. The van der Waals surface area contributed by atoms with Gasteiger partial charge in [-0.1, -0.05) is 18.0 Å². The number of methoxy groups -OCH3 is 1. The van der Waals surface area contributed by atoms with Crippen LogP contribution in [-0.2, 0) is 9.63 Å². The van der Waals surface area contributed by atoms with Crippen LogP contribution in [0.4, 0.5) is 0 Å². The molecule has 1 saturated carbocycles. The maximum absolute atomic E-state index is 12.5. The first-order valence-electron chi connectivity index (χ1n) is 7.81. The lowest BCUT2D eigenvalue weighted by atomic mass is 9.94. The van der Waals surface area contributed by atoms with Gasteiger partial charge in [-0.3, -0.25) is 4.79 Å². The summed E-state index contributed by atoms with van der Waals surface area (Å²) in [5.74, 6) is 0.733. The lowest BCUT2D eigenvalue weighted by molar-refractivity contribution is -0.142. The highest BCUT2D eigenvalue weighted by atomic mass is 16.7. The van der Waals surface area contributed by atoms with Gasteiger partial charge in [-0.25, -0.2) is 0 Å². The second kappa shape index (κ2) is 5.99. The zero-order valence-corrected chi connectivity index (χ0v) is 13.1. The molecule has 1 aliphatic heterocycles. The lowest BCUT2D eigenvalue weighted by Crippen LogP contribution is -2.48. The molecule has 1 atom stereocenters. The molecule has 1 heterocycles. The van der Waals surface area contributed by atoms with Crippen molar-refractivity contribution in [3.8, 4) is 5.75 Å². The van der Waals surface area contributed by atoms with Crippen molar-refractivity contribution in [2.45, 2.75) is 50.7 Å². The molecule has 3 rings (SSSR count). The van der Waals surface area contributed by atoms with Gasteiger partial charge in [-0.15, -0.1) is 0 Å². The fraction of sp³-hybridized carbons (Fsp3) is 0.529. The highest BCUT2D eigenvalue weighted by Gasteiger charge is 2.43. The Morgan fingerprint density at radius 3 is 2.64 bits per heavy atom. The van der Waals surface area contributed by atoms with Gasteiger partial charge in [0, 0.05) is 12.5 Å². The van der Waals surface area contributed by atoms with Crippen LogP contribution in [0.3, 0.4) is 0 Å². The van der Waals surface area contributed by atoms with Crippen LogP contribution in [0.1, 0.15) is 44.6 Å². The Kier molecular flexibility index (Phi) is 4.05. The number of carbonyl (C=O) groups is 1. The molecule has 0 saturated heterocycles. The molecular formula is C17H22N2O3. The summed E-state index contributed by atoms with van der Waals surface area (Å²) < 4.78 is 5.15. The Bertz CT molecular complexity index is 576. The average molecular weight is 302 g/mol. The monoisotopic (exact) mass is 302 g/mol. The number of benzene rings is 1. The van der Waals surface area contributed by atoms with Gasteiger partial charge < -0.3 is 14.9 Å². The van der Waals surface area contributed by atoms with Gasteiger partial charge in [0.05, 0.1) is 12.8 Å². The van der Waals surface area contributed by atoms with Gasteiger partial charge in [0.2, 0.25) is 5.60 Å². The predicted octanol–water partition coefficient (Wildman–Crippen LogP) is 2.64. The summed E-state index contributed by atoms with van der Waals surface area (Å²) in [6, 6.07) is 7.92. The van der Waals surface area contributed by atoms with Crippen molar-refractivity contribution < 1.29 is 14.4 Å². The van der Waals surface area contributed by atoms with Crippen molar-refractivity contribution in [3.05, 3.63) is 29.8 Å². The Morgan fingerprint density at radius 2 is 2.00 bits per heavy atom. The molecule has 5 heteroatoms. The first kappa shape index (κ1) is 14.9. The molecule has 1 amide bonds. The summed E-state index contributed by atoms with van der Waals surface area (Å²) in [6.07, 6.45) is 4.99. The highest BCUT2D eigenvalue weighted by Crippen LogP contribution is 2.28. The first-order chi connectivity index (χ1) is 10.6. The van der Waals surface area contributed by atoms with E-state index >= 15 is 0 Å². The third-order valence-corrected chi connectivity index (χ3v) is 4.46. The minimum atomic E-state index is -0.905. The molecule has 22 heavy (non-hydrogen) atoms. The van der Waals surface area contributed by atoms with E-state index in [-0.39, 0.29) is 11.9 Å². The molecule has 5 nitrogen and oxygen atoms in total. The fourth-order valence-corrected chi connectivity index (χ4v) is 3.01. The van der Waals surface area contributed by atoms with Crippen molar-refractivity contribution in [2.75, 3.05) is 7.11 Å². The summed E-state index contributed by atoms with van der Waals surface area (Å²) in [5, 5.41) is 7.22. The van der Waals surface area contributed by atoms with Gasteiger partial charge in [-0.2, -0.15) is 0 Å². The second-order valence-corrected chi connectivity index (χ2v) is 6.22. The molecule has 0 spiro atoms. The van der Waals surface area contributed by atoms with Crippen molar-refractivity contribution in [3.63, 3.8) is 0 Å². The van der Waals surface area contributed by atoms with E-state index in [4.69, 9.17) is 9.57 Å². The van der Waals surface area contributed by atoms with E-state index in [2.05, 4.69) is 10.5 Å². The number of ether oxygens (including phenoxy) is 1. The Hall–Kier alpha value is -2.04. The maximum Gasteiger partial charge on any atom is 0.267 e. The first-order valence-corrected chi connectivity index (χ1v) is 7.81. The molecule has 1 N–H and O–H groups in total. The minimum Gasteiger partial charge on any atom is -0.497 e. The largest absolute Gasteiger partial charge is 0.497 e. The van der Waals surface area contributed by atoms with E-state index < -0.39 is 5.60 Å². The molecule has 1 aliphatic carbocycles. The van der Waals surface area contributed by atoms with Gasteiger partial charge in [0.1, 0.15) is 5.75 Å². The Morgan fingerprint density at radius 1 is 1.32 bits per heavy atom. The summed E-state index contributed by atoms with van der Waals surface area (Å²) in [5.41, 5.74) is 0.850. The minimum absolute atomic E-state index is 0.0633. The van der Waals surface area contributed by atoms with Crippen LogP contribution < -0.4 is 10.1 Å². The van der Waals surface area contributed by atoms with Crippen LogP contribution in [-0.4, -0.2) is 30.4 Å². The summed E-state index contributed by atoms with van der Waals surface area (Å²) in [7, 11) is 1.63. The highest BCUT2D eigenvalue weighted by molar-refractivity contribution is 6.05. The molecule has 1 unspecified atom stereocenters. The number of nitrogens with one attached hydrogen (secondary N) is 1. The van der Waals surface area contributed by atoms with Crippen LogP contribution in [0.2, 0.25) is 0 Å². The number of hydrogen-bond acceptors (Lipinski definition) is 4. The maximum atomic E-state index is 12.5. The SMILES string of the molecule is COc1ccc(C2=NOC(C)(C(=O)NC3CCCC3)C2)cc1.